The summed E-state index contributed by atoms with van der Waals surface area (Å²) in [5, 5.41) is 1.35. The van der Waals surface area contributed by atoms with E-state index >= 15 is 0 Å². The largest absolute Gasteiger partial charge is 0.456 e. The Hall–Kier alpha value is -3.05. The van der Waals surface area contributed by atoms with Crippen molar-refractivity contribution in [1.82, 2.24) is 14.5 Å². The summed E-state index contributed by atoms with van der Waals surface area (Å²) in [5.74, 6) is 1.78. The Bertz CT molecular complexity index is 1150. The lowest BCUT2D eigenvalue weighted by molar-refractivity contribution is 0.408. The summed E-state index contributed by atoms with van der Waals surface area (Å²) in [4.78, 5) is 8.64. The Labute approximate surface area is 168 Å². The zero-order valence-electron chi connectivity index (χ0n) is 16.0. The molecule has 0 aliphatic heterocycles. The molecule has 0 unspecified atom stereocenters. The number of rotatable bonds is 3. The lowest BCUT2D eigenvalue weighted by atomic mass is 10.1. The van der Waals surface area contributed by atoms with Gasteiger partial charge in [-0.1, -0.05) is 35.9 Å². The van der Waals surface area contributed by atoms with Gasteiger partial charge in [0.15, 0.2) is 0 Å². The van der Waals surface area contributed by atoms with E-state index in [-0.39, 0.29) is 5.54 Å². The number of ether oxygens (including phenoxy) is 1. The van der Waals surface area contributed by atoms with Crippen LogP contribution in [-0.2, 0) is 5.54 Å². The summed E-state index contributed by atoms with van der Waals surface area (Å²) in [6, 6.07) is 15.3. The van der Waals surface area contributed by atoms with Gasteiger partial charge in [0.1, 0.15) is 29.3 Å². The number of para-hydroxylation sites is 1. The van der Waals surface area contributed by atoms with Crippen LogP contribution in [-0.4, -0.2) is 14.5 Å². The first-order valence-electron chi connectivity index (χ1n) is 8.99. The van der Waals surface area contributed by atoms with Crippen molar-refractivity contribution in [3.8, 4) is 22.6 Å². The van der Waals surface area contributed by atoms with Crippen molar-refractivity contribution < 1.29 is 4.74 Å². The molecule has 0 atom stereocenters. The number of halogens is 1. The molecule has 2 heterocycles. The fraction of sp³-hybridized carbons (Fsp3) is 0.182. The molecular weight excluding hydrogens is 372 g/mol. The standard InChI is InChI=1S/C22H21ClN4O/c1-22(2,3)27-12-16(19-20(24)25-13-26-21(19)27)14-9-10-18(17(23)11-14)28-15-7-5-4-6-8-15/h4-13H,1-3H3,(H2,24,25,26). The Morgan fingerprint density at radius 1 is 1.04 bits per heavy atom. The third kappa shape index (κ3) is 3.29. The maximum absolute atomic E-state index is 6.52. The quantitative estimate of drug-likeness (QED) is 0.472. The molecule has 5 nitrogen and oxygen atoms in total. The normalized spacial score (nSPS) is 11.7. The van der Waals surface area contributed by atoms with E-state index in [1.807, 2.05) is 48.5 Å². The van der Waals surface area contributed by atoms with Crippen molar-refractivity contribution in [3.05, 3.63) is 66.1 Å². The van der Waals surface area contributed by atoms with Crippen molar-refractivity contribution in [2.45, 2.75) is 26.3 Å². The van der Waals surface area contributed by atoms with Gasteiger partial charge in [-0.05, 0) is 50.6 Å². The van der Waals surface area contributed by atoms with Gasteiger partial charge in [-0.15, -0.1) is 0 Å². The average Bonchev–Trinajstić information content (AvgIpc) is 3.06. The summed E-state index contributed by atoms with van der Waals surface area (Å²) in [6.45, 7) is 6.37. The molecule has 0 aliphatic carbocycles. The Morgan fingerprint density at radius 2 is 1.79 bits per heavy atom. The number of aromatic nitrogens is 3. The third-order valence-corrected chi connectivity index (χ3v) is 4.84. The number of hydrogen-bond donors (Lipinski definition) is 1. The molecule has 2 N–H and O–H groups in total. The summed E-state index contributed by atoms with van der Waals surface area (Å²) in [7, 11) is 0. The fourth-order valence-corrected chi connectivity index (χ4v) is 3.40. The second kappa shape index (κ2) is 6.84. The van der Waals surface area contributed by atoms with Gasteiger partial charge in [-0.25, -0.2) is 9.97 Å². The molecule has 4 rings (SSSR count). The molecule has 28 heavy (non-hydrogen) atoms. The van der Waals surface area contributed by atoms with Gasteiger partial charge in [0.25, 0.3) is 0 Å². The number of fused-ring (bicyclic) bond motifs is 1. The summed E-state index contributed by atoms with van der Waals surface area (Å²) in [5.41, 5.74) is 8.72. The van der Waals surface area contributed by atoms with Gasteiger partial charge in [0.05, 0.1) is 10.4 Å². The third-order valence-electron chi connectivity index (χ3n) is 4.55. The predicted molar refractivity (Wildman–Crippen MR) is 114 cm³/mol. The van der Waals surface area contributed by atoms with Gasteiger partial charge < -0.3 is 15.0 Å². The first kappa shape index (κ1) is 18.3. The lowest BCUT2D eigenvalue weighted by Crippen LogP contribution is -2.21. The van der Waals surface area contributed by atoms with Crippen LogP contribution in [0.4, 0.5) is 5.82 Å². The zero-order chi connectivity index (χ0) is 19.9. The van der Waals surface area contributed by atoms with Crippen LogP contribution in [0.5, 0.6) is 11.5 Å². The van der Waals surface area contributed by atoms with Gasteiger partial charge in [-0.2, -0.15) is 0 Å². The molecule has 0 spiro atoms. The van der Waals surface area contributed by atoms with E-state index in [0.717, 1.165) is 27.9 Å². The van der Waals surface area contributed by atoms with Crippen LogP contribution in [0.15, 0.2) is 61.1 Å². The number of nitrogen functional groups attached to an aromatic ring is 1. The topological polar surface area (TPSA) is 66.0 Å². The van der Waals surface area contributed by atoms with Gasteiger partial charge >= 0.3 is 0 Å². The maximum Gasteiger partial charge on any atom is 0.146 e. The minimum Gasteiger partial charge on any atom is -0.456 e. The van der Waals surface area contributed by atoms with Crippen LogP contribution in [0, 0.1) is 0 Å². The molecule has 0 bridgehead atoms. The monoisotopic (exact) mass is 392 g/mol. The molecular formula is C22H21ClN4O. The van der Waals surface area contributed by atoms with Gasteiger partial charge in [0, 0.05) is 17.3 Å². The highest BCUT2D eigenvalue weighted by Crippen LogP contribution is 2.39. The van der Waals surface area contributed by atoms with E-state index in [2.05, 4.69) is 41.5 Å². The van der Waals surface area contributed by atoms with Crippen LogP contribution in [0.2, 0.25) is 5.02 Å². The molecule has 4 aromatic rings. The molecule has 0 aliphatic rings. The van der Waals surface area contributed by atoms with Crippen molar-refractivity contribution in [3.63, 3.8) is 0 Å². The van der Waals surface area contributed by atoms with Crippen LogP contribution >= 0.6 is 11.6 Å². The first-order chi connectivity index (χ1) is 13.3. The highest BCUT2D eigenvalue weighted by molar-refractivity contribution is 6.32. The fourth-order valence-electron chi connectivity index (χ4n) is 3.18. The Morgan fingerprint density at radius 3 is 2.46 bits per heavy atom. The number of anilines is 1. The van der Waals surface area contributed by atoms with Crippen molar-refractivity contribution in [2.75, 3.05) is 5.73 Å². The van der Waals surface area contributed by atoms with Crippen LogP contribution in [0.3, 0.4) is 0 Å². The van der Waals surface area contributed by atoms with E-state index in [0.29, 0.717) is 16.6 Å². The predicted octanol–water partition coefficient (Wildman–Crippen LogP) is 5.88. The maximum atomic E-state index is 6.52. The second-order valence-corrected chi connectivity index (χ2v) is 8.01. The van der Waals surface area contributed by atoms with E-state index in [1.54, 1.807) is 0 Å². The minimum absolute atomic E-state index is 0.155. The number of nitrogens with zero attached hydrogens (tertiary/aromatic N) is 3. The number of nitrogens with two attached hydrogens (primary N) is 1. The molecule has 0 saturated heterocycles. The zero-order valence-corrected chi connectivity index (χ0v) is 16.7. The van der Waals surface area contributed by atoms with E-state index in [1.165, 1.54) is 6.33 Å². The summed E-state index contributed by atoms with van der Waals surface area (Å²) < 4.78 is 7.99. The lowest BCUT2D eigenvalue weighted by Gasteiger charge is -2.21. The molecule has 0 amide bonds. The molecule has 0 radical (unpaired) electrons. The van der Waals surface area contributed by atoms with Gasteiger partial charge in [-0.3, -0.25) is 0 Å². The van der Waals surface area contributed by atoms with E-state index < -0.39 is 0 Å². The highest BCUT2D eigenvalue weighted by atomic mass is 35.5. The molecule has 2 aromatic heterocycles. The first-order valence-corrected chi connectivity index (χ1v) is 9.37. The Balaban J connectivity index is 1.82. The highest BCUT2D eigenvalue weighted by Gasteiger charge is 2.22. The summed E-state index contributed by atoms with van der Waals surface area (Å²) in [6.07, 6.45) is 3.55. The molecule has 0 fully saturated rings. The van der Waals surface area contributed by atoms with Crippen molar-refractivity contribution in [2.24, 2.45) is 0 Å². The van der Waals surface area contributed by atoms with Crippen molar-refractivity contribution in [1.29, 1.82) is 0 Å². The molecule has 6 heteroatoms. The van der Waals surface area contributed by atoms with E-state index in [9.17, 15) is 0 Å². The second-order valence-electron chi connectivity index (χ2n) is 7.60. The van der Waals surface area contributed by atoms with Crippen LogP contribution < -0.4 is 10.5 Å². The average molecular weight is 393 g/mol. The van der Waals surface area contributed by atoms with Gasteiger partial charge in [0.2, 0.25) is 0 Å². The van der Waals surface area contributed by atoms with Crippen molar-refractivity contribution >= 4 is 28.5 Å². The Kier molecular flexibility index (Phi) is 4.47. The van der Waals surface area contributed by atoms with Crippen LogP contribution in [0.1, 0.15) is 20.8 Å². The molecule has 0 saturated carbocycles. The van der Waals surface area contributed by atoms with Crippen LogP contribution in [0.25, 0.3) is 22.2 Å². The number of benzene rings is 2. The summed E-state index contributed by atoms with van der Waals surface area (Å²) >= 11 is 6.52. The number of hydrogen-bond acceptors (Lipinski definition) is 4. The van der Waals surface area contributed by atoms with E-state index in [4.69, 9.17) is 22.1 Å². The molecule has 2 aromatic carbocycles. The SMILES string of the molecule is CC(C)(C)n1cc(-c2ccc(Oc3ccccc3)c(Cl)c2)c2c(N)ncnc21. The smallest absolute Gasteiger partial charge is 0.146 e. The molecule has 142 valence electrons. The minimum atomic E-state index is -0.155.